The van der Waals surface area contributed by atoms with Crippen LogP contribution in [-0.2, 0) is 11.3 Å². The lowest BCUT2D eigenvalue weighted by Gasteiger charge is -2.23. The molecule has 1 aliphatic rings. The first-order chi connectivity index (χ1) is 9.72. The second-order valence-electron chi connectivity index (χ2n) is 5.92. The monoisotopic (exact) mass is 277 g/mol. The number of benzene rings is 1. The van der Waals surface area contributed by atoms with Crippen molar-refractivity contribution in [3.8, 4) is 5.75 Å². The summed E-state index contributed by atoms with van der Waals surface area (Å²) < 4.78 is 11.2. The SMILES string of the molecule is CCCCCOc1ccc(CNC2(C)CCOC2)cc1. The Morgan fingerprint density at radius 1 is 1.25 bits per heavy atom. The fraction of sp³-hybridized carbons (Fsp3) is 0.647. The molecule has 0 amide bonds. The lowest BCUT2D eigenvalue weighted by atomic mass is 10.0. The first kappa shape index (κ1) is 15.3. The van der Waals surface area contributed by atoms with Crippen molar-refractivity contribution >= 4 is 0 Å². The van der Waals surface area contributed by atoms with Crippen LogP contribution in [0.2, 0.25) is 0 Å². The molecule has 20 heavy (non-hydrogen) atoms. The minimum absolute atomic E-state index is 0.134. The van der Waals surface area contributed by atoms with E-state index in [1.165, 1.54) is 18.4 Å². The minimum Gasteiger partial charge on any atom is -0.494 e. The normalized spacial score (nSPS) is 22.1. The number of rotatable bonds is 8. The van der Waals surface area contributed by atoms with Crippen molar-refractivity contribution in [1.29, 1.82) is 0 Å². The Balaban J connectivity index is 1.73. The second-order valence-corrected chi connectivity index (χ2v) is 5.92. The van der Waals surface area contributed by atoms with Gasteiger partial charge in [-0.25, -0.2) is 0 Å². The predicted octanol–water partition coefficient (Wildman–Crippen LogP) is 3.52. The summed E-state index contributed by atoms with van der Waals surface area (Å²) in [6, 6.07) is 8.41. The molecule has 3 heteroatoms. The summed E-state index contributed by atoms with van der Waals surface area (Å²) in [5.41, 5.74) is 1.43. The summed E-state index contributed by atoms with van der Waals surface area (Å²) in [6.07, 6.45) is 4.70. The Kier molecular flexibility index (Phi) is 5.86. The molecule has 1 atom stereocenters. The average Bonchev–Trinajstić information content (AvgIpc) is 2.90. The van der Waals surface area contributed by atoms with Crippen LogP contribution >= 0.6 is 0 Å². The van der Waals surface area contributed by atoms with Gasteiger partial charge in [-0.3, -0.25) is 0 Å². The number of nitrogens with one attached hydrogen (secondary N) is 1. The third kappa shape index (κ3) is 4.80. The molecule has 0 bridgehead atoms. The number of ether oxygens (including phenoxy) is 2. The standard InChI is InChI=1S/C17H27NO2/c1-3-4-5-11-20-16-8-6-15(7-9-16)13-18-17(2)10-12-19-14-17/h6-9,18H,3-5,10-14H2,1-2H3. The molecule has 0 aliphatic carbocycles. The highest BCUT2D eigenvalue weighted by atomic mass is 16.5. The molecule has 1 heterocycles. The molecule has 1 aliphatic heterocycles. The van der Waals surface area contributed by atoms with Crippen LogP contribution in [0, 0.1) is 0 Å². The summed E-state index contributed by atoms with van der Waals surface area (Å²) in [4.78, 5) is 0. The molecule has 1 aromatic carbocycles. The Labute approximate surface area is 122 Å². The maximum absolute atomic E-state index is 5.72. The van der Waals surface area contributed by atoms with Crippen molar-refractivity contribution in [3.63, 3.8) is 0 Å². The number of hydrogen-bond donors (Lipinski definition) is 1. The van der Waals surface area contributed by atoms with Gasteiger partial charge in [-0.2, -0.15) is 0 Å². The van der Waals surface area contributed by atoms with Crippen molar-refractivity contribution in [1.82, 2.24) is 5.32 Å². The molecule has 2 rings (SSSR count). The third-order valence-corrected chi connectivity index (χ3v) is 3.88. The van der Waals surface area contributed by atoms with Crippen molar-refractivity contribution in [2.75, 3.05) is 19.8 Å². The highest BCUT2D eigenvalue weighted by Gasteiger charge is 2.28. The third-order valence-electron chi connectivity index (χ3n) is 3.88. The van der Waals surface area contributed by atoms with Crippen LogP contribution in [0.15, 0.2) is 24.3 Å². The zero-order chi connectivity index (χ0) is 14.3. The Morgan fingerprint density at radius 3 is 2.70 bits per heavy atom. The quantitative estimate of drug-likeness (QED) is 0.737. The van der Waals surface area contributed by atoms with E-state index < -0.39 is 0 Å². The van der Waals surface area contributed by atoms with Gasteiger partial charge in [0.1, 0.15) is 5.75 Å². The van der Waals surface area contributed by atoms with E-state index in [0.29, 0.717) is 0 Å². The van der Waals surface area contributed by atoms with Gasteiger partial charge >= 0.3 is 0 Å². The van der Waals surface area contributed by atoms with Crippen molar-refractivity contribution < 1.29 is 9.47 Å². The molecule has 0 saturated carbocycles. The summed E-state index contributed by atoms with van der Waals surface area (Å²) in [5.74, 6) is 0.972. The van der Waals surface area contributed by atoms with Gasteiger partial charge in [0.05, 0.1) is 13.2 Å². The molecule has 0 radical (unpaired) electrons. The van der Waals surface area contributed by atoms with E-state index in [1.54, 1.807) is 0 Å². The molecular weight excluding hydrogens is 250 g/mol. The fourth-order valence-electron chi connectivity index (χ4n) is 2.37. The van der Waals surface area contributed by atoms with Gasteiger partial charge in [0.25, 0.3) is 0 Å². The molecule has 1 N–H and O–H groups in total. The second kappa shape index (κ2) is 7.65. The minimum atomic E-state index is 0.134. The molecular formula is C17H27NO2. The van der Waals surface area contributed by atoms with Crippen LogP contribution in [0.1, 0.15) is 45.1 Å². The smallest absolute Gasteiger partial charge is 0.119 e. The van der Waals surface area contributed by atoms with E-state index in [0.717, 1.165) is 45.0 Å². The van der Waals surface area contributed by atoms with Crippen LogP contribution < -0.4 is 10.1 Å². The number of unbranched alkanes of at least 4 members (excludes halogenated alkanes) is 2. The van der Waals surface area contributed by atoms with Crippen LogP contribution in [0.4, 0.5) is 0 Å². The molecule has 112 valence electrons. The summed E-state index contributed by atoms with van der Waals surface area (Å²) >= 11 is 0. The summed E-state index contributed by atoms with van der Waals surface area (Å²) in [7, 11) is 0. The Hall–Kier alpha value is -1.06. The van der Waals surface area contributed by atoms with Crippen LogP contribution in [-0.4, -0.2) is 25.4 Å². The first-order valence-electron chi connectivity index (χ1n) is 7.76. The van der Waals surface area contributed by atoms with Gasteiger partial charge in [-0.05, 0) is 37.5 Å². The predicted molar refractivity (Wildman–Crippen MR) is 82.1 cm³/mol. The van der Waals surface area contributed by atoms with E-state index in [1.807, 2.05) is 0 Å². The zero-order valence-electron chi connectivity index (χ0n) is 12.8. The molecule has 1 saturated heterocycles. The van der Waals surface area contributed by atoms with Crippen LogP contribution in [0.25, 0.3) is 0 Å². The van der Waals surface area contributed by atoms with Gasteiger partial charge in [0.15, 0.2) is 0 Å². The van der Waals surface area contributed by atoms with Crippen LogP contribution in [0.5, 0.6) is 5.75 Å². The van der Waals surface area contributed by atoms with E-state index in [9.17, 15) is 0 Å². The van der Waals surface area contributed by atoms with Gasteiger partial charge in [0.2, 0.25) is 0 Å². The maximum atomic E-state index is 5.72. The Morgan fingerprint density at radius 2 is 2.05 bits per heavy atom. The molecule has 0 aromatic heterocycles. The van der Waals surface area contributed by atoms with E-state index in [4.69, 9.17) is 9.47 Å². The van der Waals surface area contributed by atoms with E-state index in [-0.39, 0.29) is 5.54 Å². The fourth-order valence-corrected chi connectivity index (χ4v) is 2.37. The maximum Gasteiger partial charge on any atom is 0.119 e. The van der Waals surface area contributed by atoms with Gasteiger partial charge < -0.3 is 14.8 Å². The molecule has 3 nitrogen and oxygen atoms in total. The van der Waals surface area contributed by atoms with Gasteiger partial charge in [0, 0.05) is 18.7 Å². The molecule has 1 fully saturated rings. The molecule has 1 unspecified atom stereocenters. The van der Waals surface area contributed by atoms with Crippen LogP contribution in [0.3, 0.4) is 0 Å². The zero-order valence-corrected chi connectivity index (χ0v) is 12.8. The summed E-state index contributed by atoms with van der Waals surface area (Å²) in [5, 5.41) is 3.59. The molecule has 0 spiro atoms. The Bertz CT molecular complexity index is 382. The van der Waals surface area contributed by atoms with E-state index in [2.05, 4.69) is 43.4 Å². The van der Waals surface area contributed by atoms with Crippen molar-refractivity contribution in [2.45, 2.75) is 51.6 Å². The van der Waals surface area contributed by atoms with Crippen molar-refractivity contribution in [2.24, 2.45) is 0 Å². The summed E-state index contributed by atoms with van der Waals surface area (Å²) in [6.45, 7) is 7.82. The highest BCUT2D eigenvalue weighted by Crippen LogP contribution is 2.19. The van der Waals surface area contributed by atoms with Crippen molar-refractivity contribution in [3.05, 3.63) is 29.8 Å². The lowest BCUT2D eigenvalue weighted by Crippen LogP contribution is -2.42. The van der Waals surface area contributed by atoms with Gasteiger partial charge in [-0.15, -0.1) is 0 Å². The largest absolute Gasteiger partial charge is 0.494 e. The highest BCUT2D eigenvalue weighted by molar-refractivity contribution is 5.27. The molecule has 1 aromatic rings. The lowest BCUT2D eigenvalue weighted by molar-refractivity contribution is 0.171. The average molecular weight is 277 g/mol. The number of hydrogen-bond acceptors (Lipinski definition) is 3. The van der Waals surface area contributed by atoms with E-state index >= 15 is 0 Å². The van der Waals surface area contributed by atoms with Gasteiger partial charge in [-0.1, -0.05) is 31.9 Å². The topological polar surface area (TPSA) is 30.5 Å². The first-order valence-corrected chi connectivity index (χ1v) is 7.76.